The lowest BCUT2D eigenvalue weighted by molar-refractivity contribution is 0.669. The number of hydrogen-bond donors (Lipinski definition) is 0. The van der Waals surface area contributed by atoms with E-state index in [1.807, 2.05) is 24.5 Å². The molecule has 1 aliphatic carbocycles. The quantitative estimate of drug-likeness (QED) is 0.185. The zero-order chi connectivity index (χ0) is 34.9. The predicted octanol–water partition coefficient (Wildman–Crippen LogP) is 12.3. The molecule has 1 aliphatic rings. The zero-order valence-corrected chi connectivity index (χ0v) is 28.6. The molecule has 3 heterocycles. The molecule has 10 aromatic rings. The molecular formula is C48H30N4O. The molecule has 0 atom stereocenters. The lowest BCUT2D eigenvalue weighted by atomic mass is 9.91. The minimum atomic E-state index is 0.633. The summed E-state index contributed by atoms with van der Waals surface area (Å²) in [5, 5.41) is 8.88. The number of aryl methyl sites for hydroxylation is 1. The molecule has 0 N–H and O–H groups in total. The van der Waals surface area contributed by atoms with Crippen LogP contribution in [0.1, 0.15) is 17.5 Å². The third-order valence-corrected chi connectivity index (χ3v) is 10.7. The summed E-state index contributed by atoms with van der Waals surface area (Å²) < 4.78 is 6.45. The molecule has 0 spiro atoms. The predicted molar refractivity (Wildman–Crippen MR) is 217 cm³/mol. The summed E-state index contributed by atoms with van der Waals surface area (Å²) in [4.78, 5) is 20.1. The minimum absolute atomic E-state index is 0.633. The molecule has 7 aromatic carbocycles. The molecule has 0 saturated carbocycles. The van der Waals surface area contributed by atoms with Crippen LogP contribution in [0.2, 0.25) is 0 Å². The molecule has 53 heavy (non-hydrogen) atoms. The molecule has 0 unspecified atom stereocenters. The van der Waals surface area contributed by atoms with Gasteiger partial charge in [0.05, 0.1) is 0 Å². The van der Waals surface area contributed by atoms with Crippen molar-refractivity contribution < 1.29 is 4.42 Å². The summed E-state index contributed by atoms with van der Waals surface area (Å²) in [5.74, 6) is 1.93. The standard InChI is InChI=1S/C48H30N4O/c1-3-11-31-25-33(19-17-29(31)9-1)46-50-47(34-20-18-30-10-2-4-12-32(30)26-34)52-48(51-46)39-22-21-37(35-13-5-6-14-36(35)39)41-27-44-45(38-23-24-49-28-42(38)41)40-15-7-8-16-43(40)53-44/h1,3-9,11-28H,2,10H2. The van der Waals surface area contributed by atoms with Gasteiger partial charge in [-0.15, -0.1) is 0 Å². The topological polar surface area (TPSA) is 64.7 Å². The molecule has 0 radical (unpaired) electrons. The molecule has 0 amide bonds. The van der Waals surface area contributed by atoms with Crippen LogP contribution in [0.3, 0.4) is 0 Å². The van der Waals surface area contributed by atoms with E-state index in [-0.39, 0.29) is 0 Å². The van der Waals surface area contributed by atoms with Crippen molar-refractivity contribution in [3.63, 3.8) is 0 Å². The highest BCUT2D eigenvalue weighted by Crippen LogP contribution is 2.43. The molecule has 3 aromatic heterocycles. The number of hydrogen-bond acceptors (Lipinski definition) is 5. The first-order chi connectivity index (χ1) is 26.2. The Morgan fingerprint density at radius 2 is 1.21 bits per heavy atom. The maximum absolute atomic E-state index is 6.45. The van der Waals surface area contributed by atoms with Crippen molar-refractivity contribution in [1.82, 2.24) is 19.9 Å². The number of rotatable bonds is 4. The second-order valence-corrected chi connectivity index (χ2v) is 13.7. The van der Waals surface area contributed by atoms with E-state index in [1.165, 1.54) is 16.5 Å². The number of para-hydroxylation sites is 1. The molecule has 11 rings (SSSR count). The first kappa shape index (κ1) is 29.7. The Kier molecular flexibility index (Phi) is 6.61. The Labute approximate surface area is 305 Å². The molecule has 248 valence electrons. The van der Waals surface area contributed by atoms with Gasteiger partial charge in [-0.1, -0.05) is 109 Å². The number of allylic oxidation sites excluding steroid dienone is 1. The first-order valence-corrected chi connectivity index (χ1v) is 18.0. The third-order valence-electron chi connectivity index (χ3n) is 10.7. The monoisotopic (exact) mass is 678 g/mol. The Morgan fingerprint density at radius 1 is 0.491 bits per heavy atom. The van der Waals surface area contributed by atoms with Crippen molar-refractivity contribution in [2.24, 2.45) is 0 Å². The van der Waals surface area contributed by atoms with Gasteiger partial charge in [-0.25, -0.2) is 15.0 Å². The Morgan fingerprint density at radius 3 is 2.09 bits per heavy atom. The maximum atomic E-state index is 6.45. The van der Waals surface area contributed by atoms with Crippen molar-refractivity contribution in [3.05, 3.63) is 163 Å². The number of pyridine rings is 1. The summed E-state index contributed by atoms with van der Waals surface area (Å²) in [6, 6.07) is 46.7. The highest BCUT2D eigenvalue weighted by atomic mass is 16.3. The normalized spacial score (nSPS) is 12.7. The van der Waals surface area contributed by atoms with Gasteiger partial charge in [-0.3, -0.25) is 4.98 Å². The molecule has 5 nitrogen and oxygen atoms in total. The van der Waals surface area contributed by atoms with Gasteiger partial charge in [0.25, 0.3) is 0 Å². The van der Waals surface area contributed by atoms with Crippen LogP contribution in [0, 0.1) is 0 Å². The smallest absolute Gasteiger partial charge is 0.164 e. The molecule has 0 bridgehead atoms. The van der Waals surface area contributed by atoms with Gasteiger partial charge in [0.2, 0.25) is 0 Å². The van der Waals surface area contributed by atoms with Gasteiger partial charge in [0.1, 0.15) is 11.2 Å². The molecular weight excluding hydrogens is 649 g/mol. The number of benzene rings is 7. The molecule has 0 aliphatic heterocycles. The Balaban J connectivity index is 1.14. The summed E-state index contributed by atoms with van der Waals surface area (Å²) in [7, 11) is 0. The van der Waals surface area contributed by atoms with Gasteiger partial charge >= 0.3 is 0 Å². The fraction of sp³-hybridized carbons (Fsp3) is 0.0417. The summed E-state index contributed by atoms with van der Waals surface area (Å²) in [5.41, 5.74) is 9.33. The van der Waals surface area contributed by atoms with Crippen molar-refractivity contribution in [1.29, 1.82) is 0 Å². The average molecular weight is 679 g/mol. The second-order valence-electron chi connectivity index (χ2n) is 13.7. The van der Waals surface area contributed by atoms with E-state index in [4.69, 9.17) is 19.4 Å². The minimum Gasteiger partial charge on any atom is -0.456 e. The zero-order valence-electron chi connectivity index (χ0n) is 28.6. The first-order valence-electron chi connectivity index (χ1n) is 18.0. The Bertz CT molecular complexity index is 3140. The fourth-order valence-electron chi connectivity index (χ4n) is 8.08. The van der Waals surface area contributed by atoms with Crippen LogP contribution >= 0.6 is 0 Å². The van der Waals surface area contributed by atoms with E-state index in [0.29, 0.717) is 17.5 Å². The maximum Gasteiger partial charge on any atom is 0.164 e. The Hall–Kier alpha value is -6.98. The summed E-state index contributed by atoms with van der Waals surface area (Å²) >= 11 is 0. The number of nitrogens with zero attached hydrogens (tertiary/aromatic N) is 4. The lowest BCUT2D eigenvalue weighted by Crippen LogP contribution is -2.02. The van der Waals surface area contributed by atoms with Crippen LogP contribution in [0.4, 0.5) is 0 Å². The van der Waals surface area contributed by atoms with Crippen LogP contribution in [-0.4, -0.2) is 19.9 Å². The van der Waals surface area contributed by atoms with Crippen LogP contribution in [0.15, 0.2) is 156 Å². The van der Waals surface area contributed by atoms with Crippen LogP contribution in [0.25, 0.3) is 106 Å². The third kappa shape index (κ3) is 4.85. The second kappa shape index (κ2) is 11.8. The van der Waals surface area contributed by atoms with E-state index in [9.17, 15) is 0 Å². The number of furan rings is 1. The van der Waals surface area contributed by atoms with Crippen molar-refractivity contribution >= 4 is 60.3 Å². The van der Waals surface area contributed by atoms with Gasteiger partial charge in [0.15, 0.2) is 17.5 Å². The summed E-state index contributed by atoms with van der Waals surface area (Å²) in [6.45, 7) is 0. The fourth-order valence-corrected chi connectivity index (χ4v) is 8.08. The average Bonchev–Trinajstić information content (AvgIpc) is 3.61. The van der Waals surface area contributed by atoms with E-state index < -0.39 is 0 Å². The lowest BCUT2D eigenvalue weighted by Gasteiger charge is -2.15. The van der Waals surface area contributed by atoms with Crippen molar-refractivity contribution in [3.8, 4) is 45.3 Å². The van der Waals surface area contributed by atoms with Crippen molar-refractivity contribution in [2.45, 2.75) is 12.8 Å². The highest BCUT2D eigenvalue weighted by molar-refractivity contribution is 6.23. The van der Waals surface area contributed by atoms with Gasteiger partial charge in [0, 0.05) is 45.2 Å². The van der Waals surface area contributed by atoms with Gasteiger partial charge in [-0.2, -0.15) is 0 Å². The van der Waals surface area contributed by atoms with Gasteiger partial charge in [-0.05, 0) is 98.4 Å². The molecule has 0 fully saturated rings. The van der Waals surface area contributed by atoms with Gasteiger partial charge < -0.3 is 4.42 Å². The molecule has 0 saturated heterocycles. The van der Waals surface area contributed by atoms with E-state index >= 15 is 0 Å². The van der Waals surface area contributed by atoms with Crippen molar-refractivity contribution in [2.75, 3.05) is 0 Å². The number of fused-ring (bicyclic) bond motifs is 8. The van der Waals surface area contributed by atoms with Crippen LogP contribution < -0.4 is 0 Å². The van der Waals surface area contributed by atoms with E-state index in [2.05, 4.69) is 138 Å². The highest BCUT2D eigenvalue weighted by Gasteiger charge is 2.20. The SMILES string of the molecule is C1=Cc2cc(-c3nc(-c4ccc5ccccc5c4)nc(-c4ccc(-c5cc6oc7ccccc7c6c6ccncc56)c5ccccc45)n3)ccc2CC1. The largest absolute Gasteiger partial charge is 0.456 e. The summed E-state index contributed by atoms with van der Waals surface area (Å²) in [6.07, 6.45) is 10.4. The van der Waals surface area contributed by atoms with Crippen LogP contribution in [0.5, 0.6) is 0 Å². The number of aromatic nitrogens is 4. The van der Waals surface area contributed by atoms with E-state index in [1.54, 1.807) is 0 Å². The van der Waals surface area contributed by atoms with Crippen LogP contribution in [-0.2, 0) is 6.42 Å². The molecule has 5 heteroatoms. The van der Waals surface area contributed by atoms with E-state index in [0.717, 1.165) is 89.5 Å².